The van der Waals surface area contributed by atoms with Gasteiger partial charge in [-0.3, -0.25) is 4.79 Å². The Morgan fingerprint density at radius 3 is 2.40 bits per heavy atom. The van der Waals surface area contributed by atoms with Crippen LogP contribution in [0.3, 0.4) is 0 Å². The van der Waals surface area contributed by atoms with Crippen molar-refractivity contribution in [1.82, 2.24) is 4.57 Å². The molecular weight excluding hydrogens is 250 g/mol. The van der Waals surface area contributed by atoms with Crippen LogP contribution in [-0.4, -0.2) is 10.9 Å². The van der Waals surface area contributed by atoms with Crippen molar-refractivity contribution in [1.29, 1.82) is 0 Å². The summed E-state index contributed by atoms with van der Waals surface area (Å²) in [5, 5.41) is 0. The number of carbonyl (C=O) groups excluding carboxylic acids is 1. The molecule has 0 bridgehead atoms. The van der Waals surface area contributed by atoms with Gasteiger partial charge in [0.25, 0.3) is 0 Å². The van der Waals surface area contributed by atoms with Crippen LogP contribution in [0.2, 0.25) is 0 Å². The number of ether oxygens (including phenoxy) is 1. The Hall–Kier alpha value is -2.81. The van der Waals surface area contributed by atoms with Crippen LogP contribution in [0.25, 0.3) is 5.69 Å². The highest BCUT2D eigenvalue weighted by molar-refractivity contribution is 5.74. The number of benzene rings is 2. The highest BCUT2D eigenvalue weighted by Gasteiger charge is 2.08. The smallest absolute Gasteiger partial charge is 0.166 e. The minimum atomic E-state index is 0.592. The van der Waals surface area contributed by atoms with E-state index in [2.05, 4.69) is 0 Å². The maximum Gasteiger partial charge on any atom is 0.166 e. The van der Waals surface area contributed by atoms with Crippen LogP contribution in [0.1, 0.15) is 10.5 Å². The van der Waals surface area contributed by atoms with Crippen LogP contribution in [0.4, 0.5) is 0 Å². The van der Waals surface area contributed by atoms with Gasteiger partial charge in [0.15, 0.2) is 12.0 Å². The molecule has 3 aromatic rings. The van der Waals surface area contributed by atoms with Gasteiger partial charge in [0.05, 0.1) is 11.4 Å². The fourth-order valence-corrected chi connectivity index (χ4v) is 2.07. The molecule has 0 saturated heterocycles. The third-order valence-electron chi connectivity index (χ3n) is 3.00. The number of rotatable bonds is 4. The van der Waals surface area contributed by atoms with Crippen LogP contribution in [-0.2, 0) is 0 Å². The number of carbonyl (C=O) groups is 1. The summed E-state index contributed by atoms with van der Waals surface area (Å²) in [6.45, 7) is 0. The molecule has 3 nitrogen and oxygen atoms in total. The van der Waals surface area contributed by atoms with E-state index >= 15 is 0 Å². The number of hydrogen-bond acceptors (Lipinski definition) is 2. The number of aldehydes is 1. The van der Waals surface area contributed by atoms with Gasteiger partial charge < -0.3 is 9.30 Å². The second-order valence-electron chi connectivity index (χ2n) is 4.30. The predicted octanol–water partition coefficient (Wildman–Crippen LogP) is 4.08. The second kappa shape index (κ2) is 5.45. The molecule has 98 valence electrons. The van der Waals surface area contributed by atoms with Gasteiger partial charge in [-0.25, -0.2) is 0 Å². The Labute approximate surface area is 117 Å². The first-order valence-corrected chi connectivity index (χ1v) is 6.33. The third kappa shape index (κ3) is 2.34. The van der Waals surface area contributed by atoms with E-state index in [0.717, 1.165) is 17.7 Å². The lowest BCUT2D eigenvalue weighted by molar-refractivity contribution is 0.111. The quantitative estimate of drug-likeness (QED) is 0.664. The Balaban J connectivity index is 2.03. The van der Waals surface area contributed by atoms with E-state index in [0.29, 0.717) is 11.4 Å². The summed E-state index contributed by atoms with van der Waals surface area (Å²) in [6.07, 6.45) is 2.68. The van der Waals surface area contributed by atoms with Gasteiger partial charge in [-0.15, -0.1) is 0 Å². The average Bonchev–Trinajstić information content (AvgIpc) is 2.97. The third-order valence-corrected chi connectivity index (χ3v) is 3.00. The number of nitrogens with zero attached hydrogens (tertiary/aromatic N) is 1. The van der Waals surface area contributed by atoms with Crippen molar-refractivity contribution in [3.8, 4) is 17.2 Å². The van der Waals surface area contributed by atoms with Crippen LogP contribution in [0, 0.1) is 0 Å². The van der Waals surface area contributed by atoms with Crippen LogP contribution in [0.15, 0.2) is 72.9 Å². The zero-order chi connectivity index (χ0) is 13.8. The molecule has 20 heavy (non-hydrogen) atoms. The molecule has 0 atom stereocenters. The minimum Gasteiger partial charge on any atom is -0.455 e. The van der Waals surface area contributed by atoms with Gasteiger partial charge in [-0.2, -0.15) is 0 Å². The molecule has 0 aliphatic rings. The molecule has 0 spiro atoms. The van der Waals surface area contributed by atoms with E-state index in [-0.39, 0.29) is 0 Å². The van der Waals surface area contributed by atoms with Gasteiger partial charge in [-0.1, -0.05) is 30.3 Å². The molecule has 0 saturated carbocycles. The first-order valence-electron chi connectivity index (χ1n) is 6.33. The second-order valence-corrected chi connectivity index (χ2v) is 4.30. The first kappa shape index (κ1) is 12.2. The van der Waals surface area contributed by atoms with Gasteiger partial charge in [0.2, 0.25) is 0 Å². The molecule has 1 heterocycles. The maximum absolute atomic E-state index is 11.1. The Morgan fingerprint density at radius 1 is 0.850 bits per heavy atom. The zero-order valence-electron chi connectivity index (χ0n) is 10.8. The molecule has 2 aromatic carbocycles. The molecule has 0 fully saturated rings. The molecule has 0 N–H and O–H groups in total. The first-order chi connectivity index (χ1) is 9.88. The SMILES string of the molecule is O=Cc1cccn1-c1ccccc1Oc1ccccc1. The maximum atomic E-state index is 11.1. The molecule has 0 amide bonds. The van der Waals surface area contributed by atoms with E-state index in [1.165, 1.54) is 0 Å². The van der Waals surface area contributed by atoms with Gasteiger partial charge in [0.1, 0.15) is 5.75 Å². The Kier molecular flexibility index (Phi) is 3.33. The van der Waals surface area contributed by atoms with Crippen molar-refractivity contribution in [2.75, 3.05) is 0 Å². The molecule has 1 aromatic heterocycles. The molecule has 0 aliphatic heterocycles. The summed E-state index contributed by atoms with van der Waals surface area (Å²) < 4.78 is 7.71. The molecule has 0 radical (unpaired) electrons. The number of hydrogen-bond donors (Lipinski definition) is 0. The monoisotopic (exact) mass is 263 g/mol. The van der Waals surface area contributed by atoms with E-state index in [9.17, 15) is 4.79 Å². The van der Waals surface area contributed by atoms with E-state index < -0.39 is 0 Å². The van der Waals surface area contributed by atoms with Gasteiger partial charge in [-0.05, 0) is 36.4 Å². The largest absolute Gasteiger partial charge is 0.455 e. The molecular formula is C17H13NO2. The standard InChI is InChI=1S/C17H13NO2/c19-13-14-7-6-12-18(14)16-10-4-5-11-17(16)20-15-8-2-1-3-9-15/h1-13H. The molecule has 0 unspecified atom stereocenters. The lowest BCUT2D eigenvalue weighted by atomic mass is 10.2. The summed E-state index contributed by atoms with van der Waals surface area (Å²) in [5.74, 6) is 1.47. The lowest BCUT2D eigenvalue weighted by Gasteiger charge is -2.13. The van der Waals surface area contributed by atoms with Crippen LogP contribution in [0.5, 0.6) is 11.5 Å². The number of aromatic nitrogens is 1. The van der Waals surface area contributed by atoms with Crippen molar-refractivity contribution >= 4 is 6.29 Å². The summed E-state index contributed by atoms with van der Waals surface area (Å²) in [4.78, 5) is 11.1. The van der Waals surface area contributed by atoms with Crippen molar-refractivity contribution in [2.45, 2.75) is 0 Å². The van der Waals surface area contributed by atoms with Gasteiger partial charge in [0, 0.05) is 6.20 Å². The summed E-state index contributed by atoms with van der Waals surface area (Å²) >= 11 is 0. The Morgan fingerprint density at radius 2 is 1.60 bits per heavy atom. The van der Waals surface area contributed by atoms with E-state index in [1.54, 1.807) is 6.07 Å². The highest BCUT2D eigenvalue weighted by atomic mass is 16.5. The van der Waals surface area contributed by atoms with Crippen molar-refractivity contribution < 1.29 is 9.53 Å². The lowest BCUT2D eigenvalue weighted by Crippen LogP contribution is -2.00. The molecule has 3 heteroatoms. The van der Waals surface area contributed by atoms with Crippen LogP contribution >= 0.6 is 0 Å². The van der Waals surface area contributed by atoms with Gasteiger partial charge >= 0.3 is 0 Å². The van der Waals surface area contributed by atoms with E-state index in [4.69, 9.17) is 4.74 Å². The summed E-state index contributed by atoms with van der Waals surface area (Å²) in [5.41, 5.74) is 1.43. The summed E-state index contributed by atoms with van der Waals surface area (Å²) in [6, 6.07) is 20.8. The normalized spacial score (nSPS) is 10.2. The van der Waals surface area contributed by atoms with Crippen molar-refractivity contribution in [3.63, 3.8) is 0 Å². The molecule has 0 aliphatic carbocycles. The Bertz CT molecular complexity index is 717. The number of para-hydroxylation sites is 3. The topological polar surface area (TPSA) is 31.2 Å². The summed E-state index contributed by atoms with van der Waals surface area (Å²) in [7, 11) is 0. The fourth-order valence-electron chi connectivity index (χ4n) is 2.07. The van der Waals surface area contributed by atoms with Crippen molar-refractivity contribution in [2.24, 2.45) is 0 Å². The van der Waals surface area contributed by atoms with Crippen molar-refractivity contribution in [3.05, 3.63) is 78.6 Å². The minimum absolute atomic E-state index is 0.592. The fraction of sp³-hybridized carbons (Fsp3) is 0. The highest BCUT2D eigenvalue weighted by Crippen LogP contribution is 2.28. The zero-order valence-corrected chi connectivity index (χ0v) is 10.8. The average molecular weight is 263 g/mol. The van der Waals surface area contributed by atoms with E-state index in [1.807, 2.05) is 71.4 Å². The predicted molar refractivity (Wildman–Crippen MR) is 77.7 cm³/mol. The van der Waals surface area contributed by atoms with Crippen LogP contribution < -0.4 is 4.74 Å². The molecule has 3 rings (SSSR count).